The second-order valence-corrected chi connectivity index (χ2v) is 4.95. The highest BCUT2D eigenvalue weighted by Crippen LogP contribution is 2.24. The summed E-state index contributed by atoms with van der Waals surface area (Å²) in [5, 5.41) is 3.05. The number of imidazole rings is 1. The number of aromatic amines is 2. The van der Waals surface area contributed by atoms with Crippen LogP contribution in [0.4, 0.5) is 0 Å². The predicted molar refractivity (Wildman–Crippen MR) is 72.8 cm³/mol. The molecule has 18 heavy (non-hydrogen) atoms. The van der Waals surface area contributed by atoms with E-state index < -0.39 is 0 Å². The molecule has 0 fully saturated rings. The summed E-state index contributed by atoms with van der Waals surface area (Å²) in [6, 6.07) is 5.76. The Morgan fingerprint density at radius 1 is 1.28 bits per heavy atom. The molecule has 0 amide bonds. The summed E-state index contributed by atoms with van der Waals surface area (Å²) in [5.74, 6) is 0. The van der Waals surface area contributed by atoms with Crippen LogP contribution < -0.4 is 11.4 Å². The Kier molecular flexibility index (Phi) is 2.73. The fraction of sp³-hybridized carbons (Fsp3) is 0.167. The molecule has 5 nitrogen and oxygen atoms in total. The molecule has 3 aromatic rings. The number of benzene rings is 1. The van der Waals surface area contributed by atoms with E-state index in [9.17, 15) is 4.79 Å². The highest BCUT2D eigenvalue weighted by atomic mass is 32.1. The Labute approximate surface area is 107 Å². The van der Waals surface area contributed by atoms with Crippen molar-refractivity contribution in [1.82, 2.24) is 15.0 Å². The van der Waals surface area contributed by atoms with Gasteiger partial charge in [-0.05, 0) is 18.7 Å². The average Bonchev–Trinajstić information content (AvgIpc) is 2.93. The summed E-state index contributed by atoms with van der Waals surface area (Å²) in [6.45, 7) is 0.608. The lowest BCUT2D eigenvalue weighted by Crippen LogP contribution is -2.01. The second-order valence-electron chi connectivity index (χ2n) is 4.00. The summed E-state index contributed by atoms with van der Waals surface area (Å²) in [7, 11) is 0. The largest absolute Gasteiger partial charge is 0.330 e. The number of hydrogen-bond acceptors (Lipinski definition) is 4. The number of rotatable bonds is 3. The molecule has 6 heteroatoms. The predicted octanol–water partition coefficient (Wildman–Crippen LogP) is 1.48. The zero-order chi connectivity index (χ0) is 12.5. The number of fused-ring (bicyclic) bond motifs is 1. The van der Waals surface area contributed by atoms with E-state index >= 15 is 0 Å². The van der Waals surface area contributed by atoms with Crippen LogP contribution in [0.25, 0.3) is 22.3 Å². The molecule has 0 atom stereocenters. The van der Waals surface area contributed by atoms with Crippen molar-refractivity contribution >= 4 is 22.4 Å². The Bertz CT molecular complexity index is 740. The van der Waals surface area contributed by atoms with Crippen LogP contribution in [0.5, 0.6) is 0 Å². The fourth-order valence-electron chi connectivity index (χ4n) is 1.87. The number of nitrogens with one attached hydrogen (secondary N) is 2. The van der Waals surface area contributed by atoms with Gasteiger partial charge in [-0.25, -0.2) is 9.78 Å². The van der Waals surface area contributed by atoms with Crippen molar-refractivity contribution in [3.8, 4) is 11.3 Å². The van der Waals surface area contributed by atoms with Gasteiger partial charge in [0.15, 0.2) is 0 Å². The maximum atomic E-state index is 11.2. The summed E-state index contributed by atoms with van der Waals surface area (Å²) >= 11 is 1.61. The van der Waals surface area contributed by atoms with Gasteiger partial charge in [0, 0.05) is 17.4 Å². The highest BCUT2D eigenvalue weighted by Gasteiger charge is 2.06. The number of thiazole rings is 1. The molecule has 2 heterocycles. The minimum atomic E-state index is -0.191. The minimum absolute atomic E-state index is 0.191. The number of nitrogens with two attached hydrogens (primary N) is 1. The standard InChI is InChI=1S/C12H12N4OS/c13-4-3-11-14-10(6-18-11)7-1-2-8-9(5-7)16-12(17)15-8/h1-2,5-6H,3-4,13H2,(H2,15,16,17). The third-order valence-corrected chi connectivity index (χ3v) is 3.63. The Morgan fingerprint density at radius 2 is 2.11 bits per heavy atom. The molecule has 0 saturated heterocycles. The topological polar surface area (TPSA) is 87.6 Å². The molecule has 92 valence electrons. The van der Waals surface area contributed by atoms with Gasteiger partial charge in [-0.2, -0.15) is 0 Å². The third-order valence-electron chi connectivity index (χ3n) is 2.72. The van der Waals surface area contributed by atoms with Gasteiger partial charge in [0.2, 0.25) is 0 Å². The van der Waals surface area contributed by atoms with Crippen LogP contribution in [0.15, 0.2) is 28.4 Å². The van der Waals surface area contributed by atoms with Crippen molar-refractivity contribution in [3.05, 3.63) is 39.1 Å². The molecule has 0 unspecified atom stereocenters. The number of hydrogen-bond donors (Lipinski definition) is 3. The molecule has 0 aliphatic rings. The van der Waals surface area contributed by atoms with Crippen molar-refractivity contribution < 1.29 is 0 Å². The van der Waals surface area contributed by atoms with Gasteiger partial charge in [-0.3, -0.25) is 0 Å². The molecule has 0 bridgehead atoms. The van der Waals surface area contributed by atoms with E-state index in [1.807, 2.05) is 23.6 Å². The van der Waals surface area contributed by atoms with Gasteiger partial charge < -0.3 is 15.7 Å². The molecule has 0 spiro atoms. The molecule has 0 radical (unpaired) electrons. The number of aromatic nitrogens is 3. The third kappa shape index (κ3) is 1.96. The first-order valence-electron chi connectivity index (χ1n) is 5.63. The van der Waals surface area contributed by atoms with Gasteiger partial charge in [0.05, 0.1) is 21.7 Å². The van der Waals surface area contributed by atoms with Crippen molar-refractivity contribution in [1.29, 1.82) is 0 Å². The van der Waals surface area contributed by atoms with E-state index in [2.05, 4.69) is 15.0 Å². The molecule has 1 aromatic carbocycles. The molecule has 0 aliphatic carbocycles. The zero-order valence-corrected chi connectivity index (χ0v) is 10.4. The number of H-pyrrole nitrogens is 2. The van der Waals surface area contributed by atoms with Crippen LogP contribution >= 0.6 is 11.3 Å². The maximum absolute atomic E-state index is 11.2. The summed E-state index contributed by atoms with van der Waals surface area (Å²) < 4.78 is 0. The van der Waals surface area contributed by atoms with E-state index in [1.54, 1.807) is 11.3 Å². The summed E-state index contributed by atoms with van der Waals surface area (Å²) in [5.41, 5.74) is 8.84. The van der Waals surface area contributed by atoms with Gasteiger partial charge >= 0.3 is 5.69 Å². The number of nitrogens with zero attached hydrogens (tertiary/aromatic N) is 1. The molecule has 3 rings (SSSR count). The Hall–Kier alpha value is -1.92. The van der Waals surface area contributed by atoms with E-state index in [-0.39, 0.29) is 5.69 Å². The normalized spacial score (nSPS) is 11.2. The summed E-state index contributed by atoms with van der Waals surface area (Å²) in [4.78, 5) is 21.2. The van der Waals surface area contributed by atoms with Gasteiger partial charge in [0.1, 0.15) is 0 Å². The zero-order valence-electron chi connectivity index (χ0n) is 9.56. The lowest BCUT2D eigenvalue weighted by Gasteiger charge is -1.96. The molecular weight excluding hydrogens is 248 g/mol. The first-order chi connectivity index (χ1) is 8.76. The quantitative estimate of drug-likeness (QED) is 0.666. The fourth-order valence-corrected chi connectivity index (χ4v) is 2.70. The van der Waals surface area contributed by atoms with E-state index in [4.69, 9.17) is 5.73 Å². The van der Waals surface area contributed by atoms with Crippen molar-refractivity contribution in [2.24, 2.45) is 5.73 Å². The van der Waals surface area contributed by atoms with Gasteiger partial charge in [-0.15, -0.1) is 11.3 Å². The van der Waals surface area contributed by atoms with E-state index in [1.165, 1.54) is 0 Å². The maximum Gasteiger partial charge on any atom is 0.323 e. The highest BCUT2D eigenvalue weighted by molar-refractivity contribution is 7.09. The van der Waals surface area contributed by atoms with E-state index in [0.717, 1.165) is 33.7 Å². The van der Waals surface area contributed by atoms with Crippen LogP contribution in [-0.4, -0.2) is 21.5 Å². The average molecular weight is 260 g/mol. The van der Waals surface area contributed by atoms with Crippen molar-refractivity contribution in [2.45, 2.75) is 6.42 Å². The van der Waals surface area contributed by atoms with Crippen LogP contribution in [0.3, 0.4) is 0 Å². The van der Waals surface area contributed by atoms with Crippen molar-refractivity contribution in [2.75, 3.05) is 6.54 Å². The molecule has 0 aliphatic heterocycles. The van der Waals surface area contributed by atoms with E-state index in [0.29, 0.717) is 6.54 Å². The Balaban J connectivity index is 2.04. The molecular formula is C12H12N4OS. The lowest BCUT2D eigenvalue weighted by molar-refractivity contribution is 0.954. The molecule has 2 aromatic heterocycles. The first kappa shape index (κ1) is 11.2. The van der Waals surface area contributed by atoms with Gasteiger partial charge in [-0.1, -0.05) is 6.07 Å². The smallest absolute Gasteiger partial charge is 0.323 e. The monoisotopic (exact) mass is 260 g/mol. The first-order valence-corrected chi connectivity index (χ1v) is 6.51. The summed E-state index contributed by atoms with van der Waals surface area (Å²) in [6.07, 6.45) is 0.800. The van der Waals surface area contributed by atoms with Gasteiger partial charge in [0.25, 0.3) is 0 Å². The van der Waals surface area contributed by atoms with Crippen molar-refractivity contribution in [3.63, 3.8) is 0 Å². The van der Waals surface area contributed by atoms with Crippen LogP contribution in [0.1, 0.15) is 5.01 Å². The SMILES string of the molecule is NCCc1nc(-c2ccc3[nH]c(=O)[nH]c3c2)cs1. The lowest BCUT2D eigenvalue weighted by atomic mass is 10.1. The van der Waals surface area contributed by atoms with Crippen LogP contribution in [-0.2, 0) is 6.42 Å². The second kappa shape index (κ2) is 4.40. The van der Waals surface area contributed by atoms with Crippen LogP contribution in [0, 0.1) is 0 Å². The molecule has 4 N–H and O–H groups in total. The minimum Gasteiger partial charge on any atom is -0.330 e. The Morgan fingerprint density at radius 3 is 2.94 bits per heavy atom. The molecule has 0 saturated carbocycles. The van der Waals surface area contributed by atoms with Crippen LogP contribution in [0.2, 0.25) is 0 Å².